The van der Waals surface area contributed by atoms with Crippen LogP contribution in [0.2, 0.25) is 0 Å². The van der Waals surface area contributed by atoms with Gasteiger partial charge in [-0.1, -0.05) is 36.2 Å². The molecule has 0 radical (unpaired) electrons. The van der Waals surface area contributed by atoms with Crippen LogP contribution >= 0.6 is 11.6 Å². The van der Waals surface area contributed by atoms with Crippen LogP contribution in [0.15, 0.2) is 24.3 Å². The lowest BCUT2D eigenvalue weighted by Crippen LogP contribution is -2.25. The van der Waals surface area contributed by atoms with E-state index in [-0.39, 0.29) is 0 Å². The minimum atomic E-state index is 0.394. The molecule has 0 spiro atoms. The van der Waals surface area contributed by atoms with E-state index in [0.717, 1.165) is 13.1 Å². The summed E-state index contributed by atoms with van der Waals surface area (Å²) in [6, 6.07) is 8.66. The van der Waals surface area contributed by atoms with Gasteiger partial charge >= 0.3 is 0 Å². The number of aryl methyl sites for hydroxylation is 1. The second-order valence-electron chi connectivity index (χ2n) is 4.83. The van der Waals surface area contributed by atoms with Crippen molar-refractivity contribution >= 4 is 11.6 Å². The van der Waals surface area contributed by atoms with Crippen LogP contribution in [0.4, 0.5) is 0 Å². The van der Waals surface area contributed by atoms with Crippen LogP contribution in [0.3, 0.4) is 0 Å². The minimum absolute atomic E-state index is 0.394. The molecule has 0 saturated heterocycles. The van der Waals surface area contributed by atoms with E-state index in [1.807, 2.05) is 0 Å². The molecule has 1 aromatic rings. The first kappa shape index (κ1) is 11.9. The topological polar surface area (TPSA) is 12.0 Å². The summed E-state index contributed by atoms with van der Waals surface area (Å²) in [4.78, 5) is 0. The molecule has 0 amide bonds. The van der Waals surface area contributed by atoms with E-state index in [9.17, 15) is 0 Å². The number of benzene rings is 1. The molecule has 0 bridgehead atoms. The third-order valence-corrected chi connectivity index (χ3v) is 3.96. The van der Waals surface area contributed by atoms with Gasteiger partial charge < -0.3 is 5.32 Å². The van der Waals surface area contributed by atoms with Gasteiger partial charge in [0.1, 0.15) is 0 Å². The van der Waals surface area contributed by atoms with Gasteiger partial charge in [-0.15, -0.1) is 11.6 Å². The molecule has 1 nitrogen and oxygen atoms in total. The van der Waals surface area contributed by atoms with Gasteiger partial charge in [-0.25, -0.2) is 0 Å². The molecule has 1 N–H and O–H groups in total. The number of nitrogens with one attached hydrogen (secondary N) is 1. The fraction of sp³-hybridized carbons (Fsp3) is 0.571. The van der Waals surface area contributed by atoms with Crippen molar-refractivity contribution in [2.75, 3.05) is 6.54 Å². The van der Waals surface area contributed by atoms with E-state index < -0.39 is 0 Å². The number of hydrogen-bond acceptors (Lipinski definition) is 1. The Kier molecular flexibility index (Phi) is 4.25. The molecule has 16 heavy (non-hydrogen) atoms. The van der Waals surface area contributed by atoms with E-state index in [2.05, 4.69) is 36.5 Å². The maximum Gasteiger partial charge on any atom is 0.0376 e. The summed E-state index contributed by atoms with van der Waals surface area (Å²) in [6.45, 7) is 4.15. The molecule has 1 aromatic carbocycles. The number of rotatable bonds is 4. The Hall–Kier alpha value is -0.530. The Labute approximate surface area is 103 Å². The zero-order valence-electron chi connectivity index (χ0n) is 9.88. The molecule has 1 fully saturated rings. The van der Waals surface area contributed by atoms with Crippen LogP contribution in [0.5, 0.6) is 0 Å². The van der Waals surface area contributed by atoms with Gasteiger partial charge in [-0.05, 0) is 37.8 Å². The summed E-state index contributed by atoms with van der Waals surface area (Å²) in [5.74, 6) is 0.673. The van der Waals surface area contributed by atoms with Crippen LogP contribution < -0.4 is 5.32 Å². The van der Waals surface area contributed by atoms with E-state index >= 15 is 0 Å². The summed E-state index contributed by atoms with van der Waals surface area (Å²) in [7, 11) is 0. The molecule has 2 heteroatoms. The van der Waals surface area contributed by atoms with E-state index in [4.69, 9.17) is 11.6 Å². The van der Waals surface area contributed by atoms with Crippen LogP contribution in [-0.2, 0) is 6.54 Å². The van der Waals surface area contributed by atoms with Crippen LogP contribution in [0.25, 0.3) is 0 Å². The number of alkyl halides is 1. The maximum absolute atomic E-state index is 6.25. The zero-order chi connectivity index (χ0) is 11.4. The Morgan fingerprint density at radius 2 is 2.25 bits per heavy atom. The molecule has 2 rings (SSSR count). The van der Waals surface area contributed by atoms with E-state index in [1.165, 1.54) is 30.4 Å². The monoisotopic (exact) mass is 237 g/mol. The largest absolute Gasteiger partial charge is 0.312 e. The molecule has 2 atom stereocenters. The van der Waals surface area contributed by atoms with Crippen molar-refractivity contribution < 1.29 is 0 Å². The third kappa shape index (κ3) is 3.23. The molecule has 0 aromatic heterocycles. The lowest BCUT2D eigenvalue weighted by atomic mass is 10.1. The molecule has 0 aliphatic heterocycles. The van der Waals surface area contributed by atoms with Crippen LogP contribution in [0, 0.1) is 12.8 Å². The average Bonchev–Trinajstić information content (AvgIpc) is 2.65. The van der Waals surface area contributed by atoms with Gasteiger partial charge in [0.05, 0.1) is 0 Å². The van der Waals surface area contributed by atoms with Crippen molar-refractivity contribution in [3.63, 3.8) is 0 Å². The normalized spacial score (nSPS) is 24.9. The van der Waals surface area contributed by atoms with Crippen molar-refractivity contribution in [2.24, 2.45) is 5.92 Å². The molecule has 1 saturated carbocycles. The van der Waals surface area contributed by atoms with Gasteiger partial charge in [0, 0.05) is 11.9 Å². The third-order valence-electron chi connectivity index (χ3n) is 3.38. The zero-order valence-corrected chi connectivity index (χ0v) is 10.6. The first-order valence-electron chi connectivity index (χ1n) is 6.16. The molecule has 1 aliphatic rings. The van der Waals surface area contributed by atoms with Crippen LogP contribution in [-0.4, -0.2) is 11.9 Å². The van der Waals surface area contributed by atoms with E-state index in [1.54, 1.807) is 0 Å². The molecular formula is C14H20ClN. The predicted molar refractivity (Wildman–Crippen MR) is 69.9 cm³/mol. The smallest absolute Gasteiger partial charge is 0.0376 e. The fourth-order valence-corrected chi connectivity index (χ4v) is 2.81. The van der Waals surface area contributed by atoms with Crippen molar-refractivity contribution in [2.45, 2.75) is 38.1 Å². The second kappa shape index (κ2) is 5.70. The van der Waals surface area contributed by atoms with Crippen molar-refractivity contribution in [1.29, 1.82) is 0 Å². The Morgan fingerprint density at radius 3 is 2.94 bits per heavy atom. The van der Waals surface area contributed by atoms with Crippen molar-refractivity contribution in [1.82, 2.24) is 5.32 Å². The fourth-order valence-electron chi connectivity index (χ4n) is 2.45. The van der Waals surface area contributed by atoms with Gasteiger partial charge in [-0.3, -0.25) is 0 Å². The standard InChI is InChI=1S/C14H20ClN/c1-11-4-2-5-12(8-11)9-16-10-13-6-3-7-14(13)15/h2,4-5,8,13-14,16H,3,6-7,9-10H2,1H3. The maximum atomic E-state index is 6.25. The van der Waals surface area contributed by atoms with Gasteiger partial charge in [-0.2, -0.15) is 0 Å². The molecule has 0 heterocycles. The first-order valence-corrected chi connectivity index (χ1v) is 6.59. The van der Waals surface area contributed by atoms with Gasteiger partial charge in [0.15, 0.2) is 0 Å². The highest BCUT2D eigenvalue weighted by Gasteiger charge is 2.24. The van der Waals surface area contributed by atoms with Crippen molar-refractivity contribution in [3.05, 3.63) is 35.4 Å². The Balaban J connectivity index is 1.75. The number of halogens is 1. The van der Waals surface area contributed by atoms with E-state index in [0.29, 0.717) is 11.3 Å². The van der Waals surface area contributed by atoms with Gasteiger partial charge in [0.2, 0.25) is 0 Å². The minimum Gasteiger partial charge on any atom is -0.312 e. The molecule has 88 valence electrons. The summed E-state index contributed by atoms with van der Waals surface area (Å²) < 4.78 is 0. The van der Waals surface area contributed by atoms with Gasteiger partial charge in [0.25, 0.3) is 0 Å². The number of hydrogen-bond donors (Lipinski definition) is 1. The Morgan fingerprint density at radius 1 is 1.38 bits per heavy atom. The van der Waals surface area contributed by atoms with Crippen molar-refractivity contribution in [3.8, 4) is 0 Å². The summed E-state index contributed by atoms with van der Waals surface area (Å²) in [5, 5.41) is 3.91. The summed E-state index contributed by atoms with van der Waals surface area (Å²) in [5.41, 5.74) is 2.69. The molecular weight excluding hydrogens is 218 g/mol. The SMILES string of the molecule is Cc1cccc(CNCC2CCCC2Cl)c1. The molecule has 2 unspecified atom stereocenters. The summed E-state index contributed by atoms with van der Waals surface area (Å²) in [6.07, 6.45) is 3.78. The highest BCUT2D eigenvalue weighted by atomic mass is 35.5. The first-order chi connectivity index (χ1) is 7.75. The second-order valence-corrected chi connectivity index (χ2v) is 5.39. The molecule has 1 aliphatic carbocycles. The Bertz CT molecular complexity index is 337. The highest BCUT2D eigenvalue weighted by Crippen LogP contribution is 2.29. The predicted octanol–water partition coefficient (Wildman–Crippen LogP) is 3.49. The lowest BCUT2D eigenvalue weighted by molar-refractivity contribution is 0.494. The lowest BCUT2D eigenvalue weighted by Gasteiger charge is -2.14. The highest BCUT2D eigenvalue weighted by molar-refractivity contribution is 6.20. The van der Waals surface area contributed by atoms with Crippen LogP contribution in [0.1, 0.15) is 30.4 Å². The average molecular weight is 238 g/mol. The summed E-state index contributed by atoms with van der Waals surface area (Å²) >= 11 is 6.25. The quantitative estimate of drug-likeness (QED) is 0.791.